The number of amides is 1. The highest BCUT2D eigenvalue weighted by Crippen LogP contribution is 2.39. The average molecular weight is 531 g/mol. The number of carbonyl (C=O) groups is 2. The van der Waals surface area contributed by atoms with E-state index in [2.05, 4.69) is 10.3 Å². The predicted molar refractivity (Wildman–Crippen MR) is 140 cm³/mol. The number of nitrogens with one attached hydrogen (secondary N) is 1. The van der Waals surface area contributed by atoms with Gasteiger partial charge in [-0.2, -0.15) is 4.98 Å². The summed E-state index contributed by atoms with van der Waals surface area (Å²) in [7, 11) is 0. The van der Waals surface area contributed by atoms with Crippen LogP contribution in [0.1, 0.15) is 37.6 Å². The molecule has 2 aliphatic carbocycles. The Labute approximate surface area is 225 Å². The Bertz CT molecular complexity index is 1450. The van der Waals surface area contributed by atoms with Gasteiger partial charge in [-0.3, -0.25) is 14.2 Å². The number of fused-ring (bicyclic) bond motifs is 2. The monoisotopic (exact) mass is 530 g/mol. The van der Waals surface area contributed by atoms with Crippen LogP contribution in [-0.2, 0) is 27.2 Å². The number of benzene rings is 1. The smallest absolute Gasteiger partial charge is 0.309 e. The number of likely N-dealkylation sites (tertiary alicyclic amines) is 1. The highest BCUT2D eigenvalue weighted by Gasteiger charge is 2.37. The maximum absolute atomic E-state index is 12.6. The molecule has 0 spiro atoms. The van der Waals surface area contributed by atoms with E-state index >= 15 is 0 Å². The molecule has 1 N–H and O–H groups in total. The molecular weight excluding hydrogens is 500 g/mol. The van der Waals surface area contributed by atoms with Crippen LogP contribution in [0.15, 0.2) is 30.5 Å². The fraction of sp³-hybridized carbons (Fsp3) is 0.464. The lowest BCUT2D eigenvalue weighted by atomic mass is 10.1. The molecule has 1 unspecified atom stereocenters. The number of hydrogen-bond donors (Lipinski definition) is 1. The molecule has 0 radical (unpaired) electrons. The molecular formula is C28H30N6O5. The van der Waals surface area contributed by atoms with Gasteiger partial charge in [-0.25, -0.2) is 9.97 Å². The average Bonchev–Trinajstić information content (AvgIpc) is 3.26. The first-order chi connectivity index (χ1) is 19.1. The minimum atomic E-state index is -0.271. The zero-order valence-electron chi connectivity index (χ0n) is 21.8. The van der Waals surface area contributed by atoms with Gasteiger partial charge in [-0.15, -0.1) is 0 Å². The lowest BCUT2D eigenvalue weighted by Gasteiger charge is -2.17. The van der Waals surface area contributed by atoms with E-state index in [9.17, 15) is 9.59 Å². The van der Waals surface area contributed by atoms with Gasteiger partial charge in [-0.1, -0.05) is 0 Å². The highest BCUT2D eigenvalue weighted by atomic mass is 16.7. The normalized spacial score (nSPS) is 21.2. The zero-order valence-corrected chi connectivity index (χ0v) is 21.8. The van der Waals surface area contributed by atoms with Gasteiger partial charge in [0.25, 0.3) is 0 Å². The summed E-state index contributed by atoms with van der Waals surface area (Å²) in [5.74, 6) is 3.25. The van der Waals surface area contributed by atoms with Gasteiger partial charge >= 0.3 is 5.97 Å². The molecule has 1 saturated carbocycles. The van der Waals surface area contributed by atoms with E-state index in [0.717, 1.165) is 42.8 Å². The van der Waals surface area contributed by atoms with E-state index in [1.54, 1.807) is 6.20 Å². The maximum Gasteiger partial charge on any atom is 0.309 e. The van der Waals surface area contributed by atoms with Crippen molar-refractivity contribution in [1.82, 2.24) is 24.4 Å². The first kappa shape index (κ1) is 23.9. The lowest BCUT2D eigenvalue weighted by molar-refractivity contribution is -0.147. The SMILES string of the molecule is CCOC(=O)C1Cc2nc(-c3ccc4c(c3)OCO4)n(-c3ccnc(N[C@H]4CCN(C(=O)C5CC5)C4)n3)c2C1. The quantitative estimate of drug-likeness (QED) is 0.460. The summed E-state index contributed by atoms with van der Waals surface area (Å²) in [6.45, 7) is 3.77. The van der Waals surface area contributed by atoms with Crippen molar-refractivity contribution in [2.24, 2.45) is 11.8 Å². The van der Waals surface area contributed by atoms with E-state index in [1.807, 2.05) is 40.7 Å². The molecule has 2 aromatic heterocycles. The van der Waals surface area contributed by atoms with Crippen LogP contribution < -0.4 is 14.8 Å². The predicted octanol–water partition coefficient (Wildman–Crippen LogP) is 2.76. The number of carbonyl (C=O) groups excluding carboxylic acids is 2. The number of imidazole rings is 1. The number of aromatic nitrogens is 4. The topological polar surface area (TPSA) is 121 Å². The van der Waals surface area contributed by atoms with Crippen molar-refractivity contribution in [2.45, 2.75) is 45.1 Å². The summed E-state index contributed by atoms with van der Waals surface area (Å²) >= 11 is 0. The molecule has 202 valence electrons. The summed E-state index contributed by atoms with van der Waals surface area (Å²) < 4.78 is 18.4. The highest BCUT2D eigenvalue weighted by molar-refractivity contribution is 5.81. The van der Waals surface area contributed by atoms with Crippen LogP contribution in [0.25, 0.3) is 17.2 Å². The van der Waals surface area contributed by atoms with Crippen molar-refractivity contribution in [1.29, 1.82) is 0 Å². The molecule has 1 amide bonds. The van der Waals surface area contributed by atoms with Crippen LogP contribution in [0, 0.1) is 11.8 Å². The van der Waals surface area contributed by atoms with E-state index < -0.39 is 0 Å². The minimum Gasteiger partial charge on any atom is -0.466 e. The second-order valence-corrected chi connectivity index (χ2v) is 10.5. The van der Waals surface area contributed by atoms with Gasteiger partial charge in [0.05, 0.1) is 18.2 Å². The first-order valence-electron chi connectivity index (χ1n) is 13.6. The summed E-state index contributed by atoms with van der Waals surface area (Å²) in [4.78, 5) is 41.3. The number of ether oxygens (including phenoxy) is 3. The van der Waals surface area contributed by atoms with Gasteiger partial charge in [0.1, 0.15) is 11.6 Å². The van der Waals surface area contributed by atoms with Crippen molar-refractivity contribution >= 4 is 17.8 Å². The number of anilines is 1. The maximum atomic E-state index is 12.6. The standard InChI is InChI=1S/C28H30N6O5/c1-2-37-27(36)18-11-20-21(12-18)34(25(31-20)17-5-6-22-23(13-17)39-15-38-22)24-7-9-29-28(32-24)30-19-8-10-33(14-19)26(35)16-3-4-16/h5-7,9,13,16,18-19H,2-4,8,10-12,14-15H2,1H3,(H,29,30,32)/t18?,19-/m0/s1. The third kappa shape index (κ3) is 4.45. The first-order valence-corrected chi connectivity index (χ1v) is 13.6. The van der Waals surface area contributed by atoms with Gasteiger partial charge in [0.15, 0.2) is 11.5 Å². The molecule has 3 aromatic rings. The molecule has 4 aliphatic rings. The van der Waals surface area contributed by atoms with Crippen LogP contribution in [0.2, 0.25) is 0 Å². The van der Waals surface area contributed by atoms with Crippen LogP contribution in [-0.4, -0.2) is 68.8 Å². The van der Waals surface area contributed by atoms with Crippen molar-refractivity contribution in [3.63, 3.8) is 0 Å². The minimum absolute atomic E-state index is 0.0953. The second-order valence-electron chi connectivity index (χ2n) is 10.5. The number of rotatable bonds is 7. The van der Waals surface area contributed by atoms with Crippen LogP contribution >= 0.6 is 0 Å². The van der Waals surface area contributed by atoms with Crippen molar-refractivity contribution in [3.8, 4) is 28.7 Å². The second kappa shape index (κ2) is 9.55. The van der Waals surface area contributed by atoms with Crippen LogP contribution in [0.4, 0.5) is 5.95 Å². The summed E-state index contributed by atoms with van der Waals surface area (Å²) in [5.41, 5.74) is 2.66. The van der Waals surface area contributed by atoms with E-state index in [0.29, 0.717) is 55.1 Å². The van der Waals surface area contributed by atoms with E-state index in [-0.39, 0.29) is 36.5 Å². The molecule has 2 aliphatic heterocycles. The third-order valence-electron chi connectivity index (χ3n) is 7.82. The molecule has 1 saturated heterocycles. The fourth-order valence-corrected chi connectivity index (χ4v) is 5.71. The largest absolute Gasteiger partial charge is 0.466 e. The van der Waals surface area contributed by atoms with Crippen LogP contribution in [0.5, 0.6) is 11.5 Å². The molecule has 4 heterocycles. The zero-order chi connectivity index (χ0) is 26.5. The Morgan fingerprint density at radius 2 is 1.95 bits per heavy atom. The molecule has 2 atom stereocenters. The molecule has 11 heteroatoms. The Hall–Kier alpha value is -4.15. The van der Waals surface area contributed by atoms with Crippen LogP contribution in [0.3, 0.4) is 0 Å². The van der Waals surface area contributed by atoms with Gasteiger partial charge in [-0.05, 0) is 50.5 Å². The fourth-order valence-electron chi connectivity index (χ4n) is 5.71. The lowest BCUT2D eigenvalue weighted by Crippen LogP contribution is -2.32. The summed E-state index contributed by atoms with van der Waals surface area (Å²) in [6.07, 6.45) is 5.63. The molecule has 11 nitrogen and oxygen atoms in total. The summed E-state index contributed by atoms with van der Waals surface area (Å²) in [5, 5.41) is 3.43. The van der Waals surface area contributed by atoms with Gasteiger partial charge in [0.2, 0.25) is 18.6 Å². The van der Waals surface area contributed by atoms with Crippen molar-refractivity contribution in [3.05, 3.63) is 41.9 Å². The Morgan fingerprint density at radius 3 is 2.79 bits per heavy atom. The van der Waals surface area contributed by atoms with Gasteiger partial charge in [0, 0.05) is 55.3 Å². The molecule has 7 rings (SSSR count). The van der Waals surface area contributed by atoms with E-state index in [1.165, 1.54) is 0 Å². The third-order valence-corrected chi connectivity index (χ3v) is 7.82. The Morgan fingerprint density at radius 1 is 1.08 bits per heavy atom. The number of hydrogen-bond acceptors (Lipinski definition) is 9. The van der Waals surface area contributed by atoms with E-state index in [4.69, 9.17) is 24.2 Å². The Kier molecular flexibility index (Phi) is 5.86. The summed E-state index contributed by atoms with van der Waals surface area (Å²) in [6, 6.07) is 7.69. The number of nitrogens with zero attached hydrogens (tertiary/aromatic N) is 5. The Balaban J connectivity index is 1.20. The number of esters is 1. The molecule has 39 heavy (non-hydrogen) atoms. The molecule has 0 bridgehead atoms. The van der Waals surface area contributed by atoms with Gasteiger partial charge < -0.3 is 24.4 Å². The van der Waals surface area contributed by atoms with Crippen molar-refractivity contribution < 1.29 is 23.8 Å². The molecule has 2 fully saturated rings. The molecule has 1 aromatic carbocycles. The van der Waals surface area contributed by atoms with Crippen molar-refractivity contribution in [2.75, 3.05) is 31.8 Å².